The van der Waals surface area contributed by atoms with Crippen LogP contribution < -0.4 is 10.6 Å². The molecule has 21 heavy (non-hydrogen) atoms. The van der Waals surface area contributed by atoms with Gasteiger partial charge in [0, 0.05) is 15.8 Å². The van der Waals surface area contributed by atoms with Crippen molar-refractivity contribution in [1.82, 2.24) is 0 Å². The summed E-state index contributed by atoms with van der Waals surface area (Å²) in [5.74, 6) is -0.507. The maximum atomic E-state index is 13.2. The van der Waals surface area contributed by atoms with Crippen molar-refractivity contribution >= 4 is 33.2 Å². The van der Waals surface area contributed by atoms with E-state index in [1.807, 2.05) is 32.0 Å². The molecule has 0 aliphatic heterocycles. The molecule has 0 bridgehead atoms. The van der Waals surface area contributed by atoms with E-state index in [0.29, 0.717) is 5.69 Å². The Morgan fingerprint density at radius 2 is 1.90 bits per heavy atom. The first kappa shape index (κ1) is 15.5. The number of rotatable bonds is 4. The zero-order valence-corrected chi connectivity index (χ0v) is 13.4. The van der Waals surface area contributed by atoms with Crippen molar-refractivity contribution in [3.8, 4) is 0 Å². The van der Waals surface area contributed by atoms with E-state index < -0.39 is 0 Å². The lowest BCUT2D eigenvalue weighted by Gasteiger charge is -2.11. The minimum atomic E-state index is -0.327. The third kappa shape index (κ3) is 4.29. The molecule has 1 amide bonds. The van der Waals surface area contributed by atoms with Crippen LogP contribution in [0.1, 0.15) is 11.1 Å². The summed E-state index contributed by atoms with van der Waals surface area (Å²) >= 11 is 3.41. The zero-order chi connectivity index (χ0) is 15.4. The van der Waals surface area contributed by atoms with Crippen LogP contribution in [0.4, 0.5) is 15.8 Å². The molecule has 0 fully saturated rings. The Morgan fingerprint density at radius 3 is 2.62 bits per heavy atom. The van der Waals surface area contributed by atoms with Crippen LogP contribution in [-0.2, 0) is 4.79 Å². The minimum absolute atomic E-state index is 0.0827. The number of carbonyl (C=O) groups is 1. The zero-order valence-electron chi connectivity index (χ0n) is 11.8. The predicted octanol–water partition coefficient (Wildman–Crippen LogP) is 4.26. The number of benzene rings is 2. The fourth-order valence-corrected chi connectivity index (χ4v) is 2.13. The van der Waals surface area contributed by atoms with Crippen LogP contribution in [-0.4, -0.2) is 12.5 Å². The molecule has 5 heteroatoms. The third-order valence-electron chi connectivity index (χ3n) is 3.08. The quantitative estimate of drug-likeness (QED) is 0.864. The summed E-state index contributed by atoms with van der Waals surface area (Å²) in [6.45, 7) is 3.89. The standard InChI is InChI=1S/C16H16BrFN2O/c1-10-3-4-12(18)8-15(10)19-9-16(21)20-13-5-6-14(17)11(2)7-13/h3-8,19H,9H2,1-2H3,(H,20,21). The first-order valence-corrected chi connectivity index (χ1v) is 7.31. The van der Waals surface area contributed by atoms with Gasteiger partial charge < -0.3 is 10.6 Å². The Morgan fingerprint density at radius 1 is 1.14 bits per heavy atom. The van der Waals surface area contributed by atoms with Gasteiger partial charge in [0.15, 0.2) is 0 Å². The molecule has 0 aromatic heterocycles. The SMILES string of the molecule is Cc1cc(NC(=O)CNc2cc(F)ccc2C)ccc1Br. The second kappa shape index (κ2) is 6.72. The molecule has 0 saturated carbocycles. The van der Waals surface area contributed by atoms with Crippen LogP contribution in [0.5, 0.6) is 0 Å². The van der Waals surface area contributed by atoms with Gasteiger partial charge in [-0.05, 0) is 55.3 Å². The van der Waals surface area contributed by atoms with Gasteiger partial charge >= 0.3 is 0 Å². The highest BCUT2D eigenvalue weighted by atomic mass is 79.9. The number of halogens is 2. The van der Waals surface area contributed by atoms with Crippen LogP contribution in [0.25, 0.3) is 0 Å². The number of hydrogen-bond donors (Lipinski definition) is 2. The molecular formula is C16H16BrFN2O. The Hall–Kier alpha value is -1.88. The molecule has 2 N–H and O–H groups in total. The van der Waals surface area contributed by atoms with Crippen LogP contribution >= 0.6 is 15.9 Å². The normalized spacial score (nSPS) is 10.3. The molecule has 0 aliphatic carbocycles. The highest BCUT2D eigenvalue weighted by Gasteiger charge is 2.05. The van der Waals surface area contributed by atoms with Crippen molar-refractivity contribution in [2.75, 3.05) is 17.2 Å². The summed E-state index contributed by atoms with van der Waals surface area (Å²) in [7, 11) is 0. The maximum absolute atomic E-state index is 13.2. The van der Waals surface area contributed by atoms with E-state index in [-0.39, 0.29) is 18.3 Å². The molecule has 0 aliphatic rings. The van der Waals surface area contributed by atoms with E-state index in [4.69, 9.17) is 0 Å². The largest absolute Gasteiger partial charge is 0.376 e. The number of amides is 1. The molecule has 0 spiro atoms. The average Bonchev–Trinajstić information content (AvgIpc) is 2.44. The van der Waals surface area contributed by atoms with Gasteiger partial charge in [0.25, 0.3) is 0 Å². The molecule has 0 saturated heterocycles. The van der Waals surface area contributed by atoms with Gasteiger partial charge in [0.1, 0.15) is 5.82 Å². The van der Waals surface area contributed by atoms with Crippen LogP contribution in [0.15, 0.2) is 40.9 Å². The lowest BCUT2D eigenvalue weighted by Crippen LogP contribution is -2.22. The summed E-state index contributed by atoms with van der Waals surface area (Å²) in [6.07, 6.45) is 0. The highest BCUT2D eigenvalue weighted by Crippen LogP contribution is 2.20. The molecule has 0 atom stereocenters. The van der Waals surface area contributed by atoms with E-state index in [1.54, 1.807) is 6.07 Å². The highest BCUT2D eigenvalue weighted by molar-refractivity contribution is 9.10. The summed E-state index contributed by atoms with van der Waals surface area (Å²) in [6, 6.07) is 10.0. The number of aryl methyl sites for hydroxylation is 2. The molecule has 2 aromatic rings. The predicted molar refractivity (Wildman–Crippen MR) is 87.1 cm³/mol. The number of nitrogens with one attached hydrogen (secondary N) is 2. The third-order valence-corrected chi connectivity index (χ3v) is 3.97. The lowest BCUT2D eigenvalue weighted by molar-refractivity contribution is -0.114. The second-order valence-corrected chi connectivity index (χ2v) is 5.68. The monoisotopic (exact) mass is 350 g/mol. The van der Waals surface area contributed by atoms with Crippen molar-refractivity contribution in [1.29, 1.82) is 0 Å². The Bertz CT molecular complexity index is 673. The van der Waals surface area contributed by atoms with Crippen LogP contribution in [0.2, 0.25) is 0 Å². The molecule has 0 radical (unpaired) electrons. The summed E-state index contributed by atoms with van der Waals surface area (Å²) in [4.78, 5) is 11.9. The minimum Gasteiger partial charge on any atom is -0.376 e. The van der Waals surface area contributed by atoms with Crippen molar-refractivity contribution < 1.29 is 9.18 Å². The summed E-state index contributed by atoms with van der Waals surface area (Å²) < 4.78 is 14.2. The van der Waals surface area contributed by atoms with Crippen molar-refractivity contribution in [3.63, 3.8) is 0 Å². The van der Waals surface area contributed by atoms with Gasteiger partial charge in [-0.3, -0.25) is 4.79 Å². The fourth-order valence-electron chi connectivity index (χ4n) is 1.89. The molecule has 0 heterocycles. The van der Waals surface area contributed by atoms with E-state index in [0.717, 1.165) is 21.3 Å². The first-order valence-electron chi connectivity index (χ1n) is 6.52. The topological polar surface area (TPSA) is 41.1 Å². The number of hydrogen-bond acceptors (Lipinski definition) is 2. The number of anilines is 2. The van der Waals surface area contributed by atoms with Crippen molar-refractivity contribution in [3.05, 3.63) is 57.8 Å². The van der Waals surface area contributed by atoms with Gasteiger partial charge in [-0.25, -0.2) is 4.39 Å². The Kier molecular flexibility index (Phi) is 4.96. The summed E-state index contributed by atoms with van der Waals surface area (Å²) in [5.41, 5.74) is 3.29. The fraction of sp³-hybridized carbons (Fsp3) is 0.188. The summed E-state index contributed by atoms with van der Waals surface area (Å²) in [5, 5.41) is 5.74. The maximum Gasteiger partial charge on any atom is 0.243 e. The van der Waals surface area contributed by atoms with Gasteiger partial charge in [-0.2, -0.15) is 0 Å². The van der Waals surface area contributed by atoms with Crippen LogP contribution in [0.3, 0.4) is 0 Å². The van der Waals surface area contributed by atoms with Crippen molar-refractivity contribution in [2.24, 2.45) is 0 Å². The van der Waals surface area contributed by atoms with Gasteiger partial charge in [-0.1, -0.05) is 22.0 Å². The van der Waals surface area contributed by atoms with E-state index in [9.17, 15) is 9.18 Å². The van der Waals surface area contributed by atoms with Gasteiger partial charge in [0.05, 0.1) is 6.54 Å². The van der Waals surface area contributed by atoms with E-state index in [1.165, 1.54) is 12.1 Å². The van der Waals surface area contributed by atoms with Crippen molar-refractivity contribution in [2.45, 2.75) is 13.8 Å². The Balaban J connectivity index is 1.95. The molecule has 2 rings (SSSR count). The van der Waals surface area contributed by atoms with E-state index >= 15 is 0 Å². The molecular weight excluding hydrogens is 335 g/mol. The molecule has 0 unspecified atom stereocenters. The average molecular weight is 351 g/mol. The molecule has 3 nitrogen and oxygen atoms in total. The number of carbonyl (C=O) groups excluding carboxylic acids is 1. The van der Waals surface area contributed by atoms with Gasteiger partial charge in [0.2, 0.25) is 5.91 Å². The first-order chi connectivity index (χ1) is 9.95. The van der Waals surface area contributed by atoms with Gasteiger partial charge in [-0.15, -0.1) is 0 Å². The molecule has 110 valence electrons. The van der Waals surface area contributed by atoms with Crippen LogP contribution in [0, 0.1) is 19.7 Å². The second-order valence-electron chi connectivity index (χ2n) is 4.82. The van der Waals surface area contributed by atoms with E-state index in [2.05, 4.69) is 26.6 Å². The Labute approximate surface area is 131 Å². The lowest BCUT2D eigenvalue weighted by atomic mass is 10.2. The molecule has 2 aromatic carbocycles. The smallest absolute Gasteiger partial charge is 0.243 e.